The van der Waals surface area contributed by atoms with Crippen molar-refractivity contribution in [2.45, 2.75) is 0 Å². The maximum atomic E-state index is 12.8. The predicted molar refractivity (Wildman–Crippen MR) is 126 cm³/mol. The van der Waals surface area contributed by atoms with Crippen molar-refractivity contribution in [3.63, 3.8) is 0 Å². The first-order chi connectivity index (χ1) is 16.5. The van der Waals surface area contributed by atoms with E-state index in [0.29, 0.717) is 34.1 Å². The number of nitrogens with one attached hydrogen (secondary N) is 1. The maximum Gasteiger partial charge on any atom is 0.343 e. The van der Waals surface area contributed by atoms with Crippen LogP contribution in [-0.2, 0) is 0 Å². The highest BCUT2D eigenvalue weighted by Crippen LogP contribution is 2.38. The monoisotopic (exact) mass is 464 g/mol. The third-order valence-electron chi connectivity index (χ3n) is 4.74. The van der Waals surface area contributed by atoms with Crippen molar-refractivity contribution in [1.29, 1.82) is 0 Å². The van der Waals surface area contributed by atoms with Crippen LogP contribution in [0.25, 0.3) is 0 Å². The van der Waals surface area contributed by atoms with Crippen LogP contribution in [0.2, 0.25) is 0 Å². The maximum absolute atomic E-state index is 12.8. The second kappa shape index (κ2) is 11.4. The summed E-state index contributed by atoms with van der Waals surface area (Å²) >= 11 is 0. The summed E-state index contributed by atoms with van der Waals surface area (Å²) in [5.74, 6) is 0.872. The summed E-state index contributed by atoms with van der Waals surface area (Å²) in [4.78, 5) is 25.1. The molecule has 0 aliphatic carbocycles. The lowest BCUT2D eigenvalue weighted by Crippen LogP contribution is -2.17. The number of amides is 1. The number of ether oxygens (including phenoxy) is 5. The minimum Gasteiger partial charge on any atom is -0.497 e. The highest BCUT2D eigenvalue weighted by atomic mass is 16.5. The zero-order valence-corrected chi connectivity index (χ0v) is 19.2. The second-order valence-electron chi connectivity index (χ2n) is 6.77. The Kier molecular flexibility index (Phi) is 8.07. The van der Waals surface area contributed by atoms with E-state index in [1.165, 1.54) is 39.7 Å². The zero-order valence-electron chi connectivity index (χ0n) is 19.2. The van der Waals surface area contributed by atoms with Gasteiger partial charge in [0.2, 0.25) is 5.75 Å². The van der Waals surface area contributed by atoms with Gasteiger partial charge in [0.1, 0.15) is 11.5 Å². The van der Waals surface area contributed by atoms with Crippen LogP contribution in [0.5, 0.6) is 28.7 Å². The Bertz CT molecular complexity index is 1170. The van der Waals surface area contributed by atoms with E-state index >= 15 is 0 Å². The fraction of sp³-hybridized carbons (Fsp3) is 0.160. The molecule has 0 aromatic heterocycles. The molecule has 0 atom stereocenters. The predicted octanol–water partition coefficient (Wildman–Crippen LogP) is 3.70. The van der Waals surface area contributed by atoms with Gasteiger partial charge < -0.3 is 23.7 Å². The van der Waals surface area contributed by atoms with E-state index in [4.69, 9.17) is 23.7 Å². The normalized spacial score (nSPS) is 10.5. The number of nitrogens with zero attached hydrogens (tertiary/aromatic N) is 1. The molecule has 3 aromatic rings. The van der Waals surface area contributed by atoms with Gasteiger partial charge in [0, 0.05) is 11.1 Å². The summed E-state index contributed by atoms with van der Waals surface area (Å²) in [5.41, 5.74) is 3.55. The highest BCUT2D eigenvalue weighted by molar-refractivity contribution is 5.96. The van der Waals surface area contributed by atoms with Gasteiger partial charge in [-0.15, -0.1) is 0 Å². The average Bonchev–Trinajstić information content (AvgIpc) is 2.88. The van der Waals surface area contributed by atoms with Crippen molar-refractivity contribution in [2.24, 2.45) is 5.10 Å². The number of carbonyl (C=O) groups is 2. The Balaban J connectivity index is 1.75. The van der Waals surface area contributed by atoms with Crippen molar-refractivity contribution >= 4 is 18.1 Å². The van der Waals surface area contributed by atoms with Gasteiger partial charge in [0.05, 0.1) is 40.2 Å². The molecule has 0 spiro atoms. The smallest absolute Gasteiger partial charge is 0.343 e. The molecule has 3 aromatic carbocycles. The number of carbonyl (C=O) groups excluding carboxylic acids is 2. The zero-order chi connectivity index (χ0) is 24.5. The van der Waals surface area contributed by atoms with Gasteiger partial charge in [-0.3, -0.25) is 4.79 Å². The average molecular weight is 464 g/mol. The minimum absolute atomic E-state index is 0.203. The van der Waals surface area contributed by atoms with Gasteiger partial charge in [-0.1, -0.05) is 12.1 Å². The fourth-order valence-electron chi connectivity index (χ4n) is 3.01. The summed E-state index contributed by atoms with van der Waals surface area (Å²) in [7, 11) is 5.93. The lowest BCUT2D eigenvalue weighted by Gasteiger charge is -2.14. The standard InChI is InChI=1S/C25H24N2O7/c1-30-19-11-9-16(10-12-19)24(28)27-26-15-17-7-5-6-8-20(17)34-25(29)18-13-21(31-2)23(33-4)22(14-18)32-3/h5-15H,1-4H3,(H,27,28)/b26-15+. The Labute approximate surface area is 196 Å². The van der Waals surface area contributed by atoms with Gasteiger partial charge >= 0.3 is 5.97 Å². The molecule has 9 nitrogen and oxygen atoms in total. The molecule has 0 aliphatic rings. The molecular formula is C25H24N2O7. The first kappa shape index (κ1) is 24.1. The summed E-state index contributed by atoms with van der Waals surface area (Å²) in [6, 6.07) is 16.4. The van der Waals surface area contributed by atoms with Crippen LogP contribution < -0.4 is 29.1 Å². The minimum atomic E-state index is -0.637. The van der Waals surface area contributed by atoms with Crippen LogP contribution in [0.3, 0.4) is 0 Å². The number of para-hydroxylation sites is 1. The summed E-state index contributed by atoms with van der Waals surface area (Å²) in [6.07, 6.45) is 1.39. The Hall–Kier alpha value is -4.53. The first-order valence-electron chi connectivity index (χ1n) is 10.1. The van der Waals surface area contributed by atoms with Crippen molar-refractivity contribution in [3.8, 4) is 28.7 Å². The number of rotatable bonds is 9. The van der Waals surface area contributed by atoms with Crippen LogP contribution in [0, 0.1) is 0 Å². The van der Waals surface area contributed by atoms with Gasteiger partial charge in [-0.05, 0) is 48.5 Å². The summed E-state index contributed by atoms with van der Waals surface area (Å²) < 4.78 is 26.5. The van der Waals surface area contributed by atoms with Crippen LogP contribution in [0.15, 0.2) is 65.8 Å². The van der Waals surface area contributed by atoms with Gasteiger partial charge in [0.25, 0.3) is 5.91 Å². The Morgan fingerprint density at radius 2 is 1.41 bits per heavy atom. The van der Waals surface area contributed by atoms with E-state index < -0.39 is 11.9 Å². The van der Waals surface area contributed by atoms with E-state index in [-0.39, 0.29) is 11.3 Å². The number of hydrazone groups is 1. The lowest BCUT2D eigenvalue weighted by atomic mass is 10.1. The number of methoxy groups -OCH3 is 4. The van der Waals surface area contributed by atoms with E-state index in [0.717, 1.165) is 0 Å². The molecule has 0 unspecified atom stereocenters. The molecule has 0 saturated carbocycles. The van der Waals surface area contributed by atoms with Gasteiger partial charge in [-0.25, -0.2) is 10.2 Å². The first-order valence-corrected chi connectivity index (χ1v) is 10.1. The third-order valence-corrected chi connectivity index (χ3v) is 4.74. The van der Waals surface area contributed by atoms with Crippen LogP contribution in [-0.4, -0.2) is 46.5 Å². The highest BCUT2D eigenvalue weighted by Gasteiger charge is 2.19. The summed E-state index contributed by atoms with van der Waals surface area (Å²) in [5, 5.41) is 3.98. The largest absolute Gasteiger partial charge is 0.497 e. The molecule has 1 amide bonds. The molecular weight excluding hydrogens is 440 g/mol. The molecule has 0 radical (unpaired) electrons. The van der Waals surface area contributed by atoms with E-state index in [9.17, 15) is 9.59 Å². The van der Waals surface area contributed by atoms with Crippen LogP contribution in [0.4, 0.5) is 0 Å². The molecule has 0 fully saturated rings. The van der Waals surface area contributed by atoms with Gasteiger partial charge in [-0.2, -0.15) is 5.10 Å². The topological polar surface area (TPSA) is 105 Å². The van der Waals surface area contributed by atoms with Gasteiger partial charge in [0.15, 0.2) is 11.5 Å². The number of hydrogen-bond acceptors (Lipinski definition) is 8. The molecule has 34 heavy (non-hydrogen) atoms. The lowest BCUT2D eigenvalue weighted by molar-refractivity contribution is 0.0733. The third kappa shape index (κ3) is 5.63. The Morgan fingerprint density at radius 3 is 2.00 bits per heavy atom. The molecule has 3 rings (SSSR count). The summed E-state index contributed by atoms with van der Waals surface area (Å²) in [6.45, 7) is 0. The molecule has 9 heteroatoms. The van der Waals surface area contributed by atoms with E-state index in [1.54, 1.807) is 55.6 Å². The fourth-order valence-corrected chi connectivity index (χ4v) is 3.01. The molecule has 0 aliphatic heterocycles. The van der Waals surface area contributed by atoms with Crippen LogP contribution >= 0.6 is 0 Å². The number of esters is 1. The molecule has 0 saturated heterocycles. The van der Waals surface area contributed by atoms with Crippen molar-refractivity contribution in [1.82, 2.24) is 5.43 Å². The Morgan fingerprint density at radius 1 is 0.765 bits per heavy atom. The van der Waals surface area contributed by atoms with Crippen molar-refractivity contribution in [2.75, 3.05) is 28.4 Å². The molecule has 0 bridgehead atoms. The quantitative estimate of drug-likeness (QED) is 0.223. The number of hydrogen-bond donors (Lipinski definition) is 1. The molecule has 176 valence electrons. The van der Waals surface area contributed by atoms with Crippen LogP contribution in [0.1, 0.15) is 26.3 Å². The van der Waals surface area contributed by atoms with Crippen molar-refractivity contribution < 1.29 is 33.3 Å². The molecule has 0 heterocycles. The second-order valence-corrected chi connectivity index (χ2v) is 6.77. The molecule has 1 N–H and O–H groups in total. The van der Waals surface area contributed by atoms with E-state index in [1.807, 2.05) is 0 Å². The number of benzene rings is 3. The van der Waals surface area contributed by atoms with E-state index in [2.05, 4.69) is 10.5 Å². The van der Waals surface area contributed by atoms with Crippen molar-refractivity contribution in [3.05, 3.63) is 77.4 Å². The SMILES string of the molecule is COc1ccc(C(=O)N/N=C/c2ccccc2OC(=O)c2cc(OC)c(OC)c(OC)c2)cc1.